The first kappa shape index (κ1) is 7.81. The first-order valence-corrected chi connectivity index (χ1v) is 4.20. The minimum absolute atomic E-state index is 0.615. The molecule has 13 heavy (non-hydrogen) atoms. The summed E-state index contributed by atoms with van der Waals surface area (Å²) in [4.78, 5) is 0. The topological polar surface area (TPSA) is 39.4 Å². The molecule has 1 aromatic carbocycles. The van der Waals surface area contributed by atoms with Crippen LogP contribution in [-0.4, -0.2) is 12.3 Å². The second kappa shape index (κ2) is 3.28. The van der Waals surface area contributed by atoms with Crippen LogP contribution in [0.15, 0.2) is 35.4 Å². The fourth-order valence-electron chi connectivity index (χ4n) is 1.32. The minimum Gasteiger partial charge on any atom is -0.264 e. The fourth-order valence-corrected chi connectivity index (χ4v) is 1.32. The van der Waals surface area contributed by atoms with E-state index in [1.54, 1.807) is 0 Å². The lowest BCUT2D eigenvalue weighted by molar-refractivity contribution is 0.922. The summed E-state index contributed by atoms with van der Waals surface area (Å²) < 4.78 is 0. The van der Waals surface area contributed by atoms with Crippen molar-refractivity contribution in [1.82, 2.24) is 0 Å². The molecule has 0 unspecified atom stereocenters. The molecular weight excluding hydrogens is 162 g/mol. The number of hydrazone groups is 1. The highest BCUT2D eigenvalue weighted by Crippen LogP contribution is 2.17. The van der Waals surface area contributed by atoms with Gasteiger partial charge in [0.25, 0.3) is 0 Å². The molecule has 64 valence electrons. The number of nitrogens with zero attached hydrogens (tertiary/aromatic N) is 3. The van der Waals surface area contributed by atoms with Crippen LogP contribution in [0.3, 0.4) is 0 Å². The largest absolute Gasteiger partial charge is 0.264 e. The number of hydrogen-bond acceptors (Lipinski definition) is 3. The van der Waals surface area contributed by atoms with Gasteiger partial charge >= 0.3 is 0 Å². The van der Waals surface area contributed by atoms with Crippen LogP contribution in [0.4, 0.5) is 5.69 Å². The molecular formula is C10H9N3. The van der Waals surface area contributed by atoms with Gasteiger partial charge in [-0.3, -0.25) is 5.01 Å². The molecule has 0 aliphatic carbocycles. The molecule has 0 saturated heterocycles. The zero-order valence-corrected chi connectivity index (χ0v) is 7.14. The highest BCUT2D eigenvalue weighted by molar-refractivity contribution is 6.00. The van der Waals surface area contributed by atoms with Crippen LogP contribution in [0.1, 0.15) is 6.42 Å². The van der Waals surface area contributed by atoms with Gasteiger partial charge in [-0.15, -0.1) is 0 Å². The molecule has 3 heteroatoms. The summed E-state index contributed by atoms with van der Waals surface area (Å²) >= 11 is 0. The average Bonchev–Trinajstić information content (AvgIpc) is 2.67. The van der Waals surface area contributed by atoms with Crippen LogP contribution in [0, 0.1) is 11.3 Å². The Labute approximate surface area is 76.9 Å². The Morgan fingerprint density at radius 3 is 2.69 bits per heavy atom. The number of anilines is 1. The Kier molecular flexibility index (Phi) is 1.97. The Hall–Kier alpha value is -1.82. The van der Waals surface area contributed by atoms with Gasteiger partial charge in [0.15, 0.2) is 0 Å². The third-order valence-electron chi connectivity index (χ3n) is 1.99. The molecule has 0 aromatic heterocycles. The van der Waals surface area contributed by atoms with Gasteiger partial charge in [0, 0.05) is 13.0 Å². The molecule has 0 atom stereocenters. The maximum atomic E-state index is 8.62. The third-order valence-corrected chi connectivity index (χ3v) is 1.99. The smallest absolute Gasteiger partial charge is 0.140 e. The van der Waals surface area contributed by atoms with E-state index < -0.39 is 0 Å². The van der Waals surface area contributed by atoms with E-state index in [2.05, 4.69) is 11.2 Å². The van der Waals surface area contributed by atoms with Crippen molar-refractivity contribution in [1.29, 1.82) is 5.26 Å². The molecule has 3 nitrogen and oxygen atoms in total. The molecule has 0 bridgehead atoms. The van der Waals surface area contributed by atoms with Gasteiger partial charge in [-0.1, -0.05) is 18.2 Å². The van der Waals surface area contributed by atoms with E-state index in [0.29, 0.717) is 5.71 Å². The standard InChI is InChI=1S/C10H9N3/c11-8-9-6-7-13(12-9)10-4-2-1-3-5-10/h1-5H,6-7H2. The Bertz CT molecular complexity index is 362. The van der Waals surface area contributed by atoms with Gasteiger partial charge in [0.1, 0.15) is 11.8 Å². The fraction of sp³-hybridized carbons (Fsp3) is 0.200. The molecule has 0 spiro atoms. The van der Waals surface area contributed by atoms with E-state index >= 15 is 0 Å². The summed E-state index contributed by atoms with van der Waals surface area (Å²) in [5, 5.41) is 14.6. The highest BCUT2D eigenvalue weighted by Gasteiger charge is 2.14. The maximum Gasteiger partial charge on any atom is 0.140 e. The van der Waals surface area contributed by atoms with Crippen molar-refractivity contribution >= 4 is 11.4 Å². The molecule has 1 aliphatic heterocycles. The van der Waals surface area contributed by atoms with E-state index in [4.69, 9.17) is 5.26 Å². The van der Waals surface area contributed by atoms with Gasteiger partial charge < -0.3 is 0 Å². The van der Waals surface area contributed by atoms with Crippen LogP contribution in [-0.2, 0) is 0 Å². The van der Waals surface area contributed by atoms with Gasteiger partial charge in [0.05, 0.1) is 5.69 Å². The monoisotopic (exact) mass is 171 g/mol. The predicted molar refractivity (Wildman–Crippen MR) is 51.5 cm³/mol. The quantitative estimate of drug-likeness (QED) is 0.646. The first-order chi connectivity index (χ1) is 6.40. The summed E-state index contributed by atoms with van der Waals surface area (Å²) in [5.41, 5.74) is 1.66. The molecule has 0 saturated carbocycles. The first-order valence-electron chi connectivity index (χ1n) is 4.20. The van der Waals surface area contributed by atoms with Gasteiger partial charge in [-0.2, -0.15) is 10.4 Å². The van der Waals surface area contributed by atoms with Crippen LogP contribution >= 0.6 is 0 Å². The molecule has 1 aromatic rings. The summed E-state index contributed by atoms with van der Waals surface area (Å²) in [6.45, 7) is 0.812. The Balaban J connectivity index is 2.22. The van der Waals surface area contributed by atoms with E-state index in [1.807, 2.05) is 35.3 Å². The lowest BCUT2D eigenvalue weighted by Gasteiger charge is -2.12. The molecule has 0 amide bonds. The van der Waals surface area contributed by atoms with Crippen molar-refractivity contribution in [3.8, 4) is 6.07 Å². The van der Waals surface area contributed by atoms with Crippen molar-refractivity contribution in [3.05, 3.63) is 30.3 Å². The summed E-state index contributed by atoms with van der Waals surface area (Å²) in [7, 11) is 0. The lowest BCUT2D eigenvalue weighted by atomic mass is 10.3. The molecule has 1 aliphatic rings. The summed E-state index contributed by atoms with van der Waals surface area (Å²) in [6, 6.07) is 12.0. The average molecular weight is 171 g/mol. The second-order valence-corrected chi connectivity index (χ2v) is 2.87. The highest BCUT2D eigenvalue weighted by atomic mass is 15.5. The van der Waals surface area contributed by atoms with E-state index in [-0.39, 0.29) is 0 Å². The molecule has 0 fully saturated rings. The zero-order valence-electron chi connectivity index (χ0n) is 7.14. The molecule has 0 N–H and O–H groups in total. The normalized spacial score (nSPS) is 15.3. The number of rotatable bonds is 1. The summed E-state index contributed by atoms with van der Waals surface area (Å²) in [6.07, 6.45) is 0.755. The van der Waals surface area contributed by atoms with Crippen molar-refractivity contribution < 1.29 is 0 Å². The molecule has 2 rings (SSSR count). The lowest BCUT2D eigenvalue weighted by Crippen LogP contribution is -2.11. The molecule has 1 heterocycles. The van der Waals surface area contributed by atoms with Gasteiger partial charge in [-0.25, -0.2) is 0 Å². The predicted octanol–water partition coefficient (Wildman–Crippen LogP) is 1.78. The number of nitriles is 1. The van der Waals surface area contributed by atoms with Gasteiger partial charge in [0.2, 0.25) is 0 Å². The van der Waals surface area contributed by atoms with Crippen molar-refractivity contribution in [3.63, 3.8) is 0 Å². The number of hydrogen-bond donors (Lipinski definition) is 0. The maximum absolute atomic E-state index is 8.62. The van der Waals surface area contributed by atoms with E-state index in [1.165, 1.54) is 0 Å². The summed E-state index contributed by atoms with van der Waals surface area (Å²) in [5.74, 6) is 0. The van der Waals surface area contributed by atoms with E-state index in [9.17, 15) is 0 Å². The van der Waals surface area contributed by atoms with Gasteiger partial charge in [-0.05, 0) is 12.1 Å². The van der Waals surface area contributed by atoms with Crippen molar-refractivity contribution in [2.45, 2.75) is 6.42 Å². The SMILES string of the molecule is N#CC1=NN(c2ccccc2)CC1. The second-order valence-electron chi connectivity index (χ2n) is 2.87. The van der Waals surface area contributed by atoms with Crippen molar-refractivity contribution in [2.24, 2.45) is 5.10 Å². The van der Waals surface area contributed by atoms with Crippen LogP contribution in [0.5, 0.6) is 0 Å². The van der Waals surface area contributed by atoms with Crippen LogP contribution in [0.25, 0.3) is 0 Å². The molecule has 0 radical (unpaired) electrons. The number of para-hydroxylation sites is 1. The minimum atomic E-state index is 0.615. The zero-order chi connectivity index (χ0) is 9.10. The Morgan fingerprint density at radius 1 is 1.31 bits per heavy atom. The Morgan fingerprint density at radius 2 is 2.08 bits per heavy atom. The van der Waals surface area contributed by atoms with E-state index in [0.717, 1.165) is 18.7 Å². The van der Waals surface area contributed by atoms with Crippen molar-refractivity contribution in [2.75, 3.05) is 11.6 Å². The number of benzene rings is 1. The van der Waals surface area contributed by atoms with Crippen LogP contribution < -0.4 is 5.01 Å². The van der Waals surface area contributed by atoms with Crippen LogP contribution in [0.2, 0.25) is 0 Å². The third kappa shape index (κ3) is 1.52.